The van der Waals surface area contributed by atoms with Crippen molar-refractivity contribution < 1.29 is 12.8 Å². The fourth-order valence-electron chi connectivity index (χ4n) is 1.48. The van der Waals surface area contributed by atoms with Crippen molar-refractivity contribution >= 4 is 37.3 Å². The highest BCUT2D eigenvalue weighted by Crippen LogP contribution is 2.23. The van der Waals surface area contributed by atoms with Gasteiger partial charge in [-0.2, -0.15) is 4.31 Å². The zero-order valence-electron chi connectivity index (χ0n) is 9.88. The Balaban J connectivity index is 2.24. The topological polar surface area (TPSA) is 50.3 Å². The first-order valence-electron chi connectivity index (χ1n) is 5.19. The second kappa shape index (κ2) is 5.66. The van der Waals surface area contributed by atoms with E-state index in [1.54, 1.807) is 0 Å². The first-order valence-corrected chi connectivity index (χ1v) is 8.30. The van der Waals surface area contributed by atoms with Crippen LogP contribution < -0.4 is 0 Å². The number of nitrogens with zero attached hydrogens (tertiary/aromatic N) is 2. The summed E-state index contributed by atoms with van der Waals surface area (Å²) in [5.74, 6) is -0.673. The standard InChI is InChI=1S/C11H10BrFN2O2S2/c1-15(6-8-2-11(12)18-7-8)19(16,17)10-3-9(13)4-14-5-10/h2-5,7H,6H2,1H3. The van der Waals surface area contributed by atoms with Gasteiger partial charge >= 0.3 is 0 Å². The van der Waals surface area contributed by atoms with Crippen molar-refractivity contribution in [3.05, 3.63) is 45.1 Å². The van der Waals surface area contributed by atoms with Gasteiger partial charge in [-0.3, -0.25) is 4.98 Å². The van der Waals surface area contributed by atoms with E-state index in [0.29, 0.717) is 0 Å². The van der Waals surface area contributed by atoms with E-state index < -0.39 is 15.8 Å². The maximum atomic E-state index is 13.0. The van der Waals surface area contributed by atoms with Crippen molar-refractivity contribution in [2.24, 2.45) is 0 Å². The molecule has 0 aliphatic carbocycles. The highest BCUT2D eigenvalue weighted by molar-refractivity contribution is 9.11. The van der Waals surface area contributed by atoms with Crippen molar-refractivity contribution in [1.82, 2.24) is 9.29 Å². The van der Waals surface area contributed by atoms with Crippen molar-refractivity contribution in [2.75, 3.05) is 7.05 Å². The van der Waals surface area contributed by atoms with Crippen LogP contribution in [-0.4, -0.2) is 24.8 Å². The van der Waals surface area contributed by atoms with Gasteiger partial charge in [-0.05, 0) is 39.0 Å². The Bertz CT molecular complexity index is 688. The van der Waals surface area contributed by atoms with Crippen molar-refractivity contribution in [3.8, 4) is 0 Å². The molecule has 2 heterocycles. The summed E-state index contributed by atoms with van der Waals surface area (Å²) in [6.07, 6.45) is 2.10. The van der Waals surface area contributed by atoms with E-state index in [-0.39, 0.29) is 11.4 Å². The molecule has 0 aliphatic rings. The normalized spacial score (nSPS) is 12.0. The molecule has 2 aromatic heterocycles. The molecule has 0 saturated carbocycles. The molecule has 0 spiro atoms. The van der Waals surface area contributed by atoms with E-state index in [9.17, 15) is 12.8 Å². The number of hydrogen-bond donors (Lipinski definition) is 0. The molecule has 2 aromatic rings. The van der Waals surface area contributed by atoms with Crippen molar-refractivity contribution in [2.45, 2.75) is 11.4 Å². The smallest absolute Gasteiger partial charge is 0.244 e. The van der Waals surface area contributed by atoms with Gasteiger partial charge in [0.2, 0.25) is 10.0 Å². The molecule has 102 valence electrons. The Kier molecular flexibility index (Phi) is 4.34. The van der Waals surface area contributed by atoms with Crippen molar-refractivity contribution in [3.63, 3.8) is 0 Å². The molecule has 0 aromatic carbocycles. The first kappa shape index (κ1) is 14.6. The molecular weight excluding hydrogens is 355 g/mol. The molecule has 0 radical (unpaired) electrons. The molecule has 4 nitrogen and oxygen atoms in total. The van der Waals surface area contributed by atoms with Crippen LogP contribution in [0.3, 0.4) is 0 Å². The molecule has 2 rings (SSSR count). The number of aromatic nitrogens is 1. The van der Waals surface area contributed by atoms with Crippen molar-refractivity contribution in [1.29, 1.82) is 0 Å². The van der Waals surface area contributed by atoms with Gasteiger partial charge in [0.15, 0.2) is 0 Å². The number of rotatable bonds is 4. The molecule has 0 bridgehead atoms. The van der Waals surface area contributed by atoms with E-state index >= 15 is 0 Å². The first-order chi connectivity index (χ1) is 8.89. The Hall–Kier alpha value is -0.830. The lowest BCUT2D eigenvalue weighted by atomic mass is 10.3. The average Bonchev–Trinajstić information content (AvgIpc) is 2.74. The molecule has 19 heavy (non-hydrogen) atoms. The Morgan fingerprint density at radius 1 is 1.42 bits per heavy atom. The van der Waals surface area contributed by atoms with Gasteiger partial charge in [-0.25, -0.2) is 12.8 Å². The molecule has 0 N–H and O–H groups in total. The number of pyridine rings is 1. The summed E-state index contributed by atoms with van der Waals surface area (Å²) < 4.78 is 39.5. The number of hydrogen-bond acceptors (Lipinski definition) is 4. The predicted molar refractivity (Wildman–Crippen MR) is 74.9 cm³/mol. The van der Waals surface area contributed by atoms with Crippen LogP contribution in [0.25, 0.3) is 0 Å². The average molecular weight is 365 g/mol. The minimum absolute atomic E-state index is 0.149. The second-order valence-corrected chi connectivity index (χ2v) is 8.19. The molecule has 0 aliphatic heterocycles. The van der Waals surface area contributed by atoms with Gasteiger partial charge in [-0.1, -0.05) is 0 Å². The lowest BCUT2D eigenvalue weighted by Gasteiger charge is -2.16. The summed E-state index contributed by atoms with van der Waals surface area (Å²) in [7, 11) is -2.28. The molecule has 0 saturated heterocycles. The lowest BCUT2D eigenvalue weighted by molar-refractivity contribution is 0.466. The minimum atomic E-state index is -3.73. The fraction of sp³-hybridized carbons (Fsp3) is 0.182. The van der Waals surface area contributed by atoms with Crippen LogP contribution in [0.1, 0.15) is 5.56 Å². The fourth-order valence-corrected chi connectivity index (χ4v) is 3.82. The molecule has 8 heteroatoms. The quantitative estimate of drug-likeness (QED) is 0.837. The van der Waals surface area contributed by atoms with Crippen LogP contribution in [-0.2, 0) is 16.6 Å². The highest BCUT2D eigenvalue weighted by atomic mass is 79.9. The summed E-state index contributed by atoms with van der Waals surface area (Å²) >= 11 is 4.80. The van der Waals surface area contributed by atoms with Gasteiger partial charge in [-0.15, -0.1) is 11.3 Å². The van der Waals surface area contributed by atoms with Crippen LogP contribution in [0.15, 0.2) is 38.6 Å². The van der Waals surface area contributed by atoms with E-state index in [0.717, 1.165) is 32.1 Å². The number of sulfonamides is 1. The zero-order chi connectivity index (χ0) is 14.0. The van der Waals surface area contributed by atoms with E-state index in [2.05, 4.69) is 20.9 Å². The SMILES string of the molecule is CN(Cc1csc(Br)c1)S(=O)(=O)c1cncc(F)c1. The lowest BCUT2D eigenvalue weighted by Crippen LogP contribution is -2.26. The van der Waals surface area contributed by atoms with Gasteiger partial charge in [0.25, 0.3) is 0 Å². The van der Waals surface area contributed by atoms with Crippen LogP contribution in [0.2, 0.25) is 0 Å². The third-order valence-corrected chi connectivity index (χ3v) is 5.74. The van der Waals surface area contributed by atoms with Gasteiger partial charge in [0.05, 0.1) is 9.98 Å². The van der Waals surface area contributed by atoms with Crippen LogP contribution >= 0.6 is 27.3 Å². The zero-order valence-corrected chi connectivity index (χ0v) is 13.1. The molecule has 0 fully saturated rings. The second-order valence-electron chi connectivity index (χ2n) is 3.86. The maximum Gasteiger partial charge on any atom is 0.244 e. The molecular formula is C11H10BrFN2O2S2. The van der Waals surface area contributed by atoms with E-state index in [4.69, 9.17) is 0 Å². The summed E-state index contributed by atoms with van der Waals surface area (Å²) in [5.41, 5.74) is 0.868. The van der Waals surface area contributed by atoms with E-state index in [1.807, 2.05) is 11.4 Å². The third kappa shape index (κ3) is 3.38. The van der Waals surface area contributed by atoms with Crippen LogP contribution in [0.5, 0.6) is 0 Å². The summed E-state index contributed by atoms with van der Waals surface area (Å²) in [4.78, 5) is 3.41. The van der Waals surface area contributed by atoms with Crippen LogP contribution in [0, 0.1) is 5.82 Å². The molecule has 0 amide bonds. The Labute approximate surface area is 123 Å². The largest absolute Gasteiger partial charge is 0.260 e. The van der Waals surface area contributed by atoms with Gasteiger partial charge < -0.3 is 0 Å². The third-order valence-electron chi connectivity index (χ3n) is 2.41. The van der Waals surface area contributed by atoms with Gasteiger partial charge in [0.1, 0.15) is 10.7 Å². The van der Waals surface area contributed by atoms with E-state index in [1.165, 1.54) is 18.4 Å². The Morgan fingerprint density at radius 2 is 2.16 bits per heavy atom. The molecule has 0 unspecified atom stereocenters. The minimum Gasteiger partial charge on any atom is -0.260 e. The predicted octanol–water partition coefficient (Wildman–Crippen LogP) is 2.87. The highest BCUT2D eigenvalue weighted by Gasteiger charge is 2.22. The summed E-state index contributed by atoms with van der Waals surface area (Å²) in [6, 6.07) is 2.81. The maximum absolute atomic E-state index is 13.0. The van der Waals surface area contributed by atoms with Gasteiger partial charge in [0, 0.05) is 19.8 Å². The number of halogens is 2. The number of thiophene rings is 1. The summed E-state index contributed by atoms with van der Waals surface area (Å²) in [6.45, 7) is 0.223. The van der Waals surface area contributed by atoms with Crippen LogP contribution in [0.4, 0.5) is 4.39 Å². The molecule has 0 atom stereocenters. The summed E-state index contributed by atoms with van der Waals surface area (Å²) in [5, 5.41) is 1.86. The monoisotopic (exact) mass is 364 g/mol. The Morgan fingerprint density at radius 3 is 2.74 bits per heavy atom.